The number of anilines is 1. The number of nitrogens with zero attached hydrogens (tertiary/aromatic N) is 2. The fourth-order valence-corrected chi connectivity index (χ4v) is 3.18. The molecule has 0 aliphatic carbocycles. The standard InChI is InChI=1S/C21H22N2O3/c1-16-5-9-18(15-20(16)23(25)26)21(24)12-8-17-6-10-19(11-7-17)22-13-3-2-4-14-22/h5-12,15H,2-4,13-14H2,1H3/b12-8+. The zero-order valence-corrected chi connectivity index (χ0v) is 14.9. The van der Waals surface area contributed by atoms with Gasteiger partial charge in [-0.15, -0.1) is 0 Å². The predicted octanol–water partition coefficient (Wildman–Crippen LogP) is 4.79. The molecule has 1 aliphatic heterocycles. The van der Waals surface area contributed by atoms with Gasteiger partial charge in [-0.3, -0.25) is 14.9 Å². The lowest BCUT2D eigenvalue weighted by Crippen LogP contribution is -2.29. The molecule has 2 aromatic carbocycles. The van der Waals surface area contributed by atoms with Gasteiger partial charge in [0, 0.05) is 36.0 Å². The summed E-state index contributed by atoms with van der Waals surface area (Å²) in [4.78, 5) is 25.2. The second-order valence-corrected chi connectivity index (χ2v) is 6.60. The molecular formula is C21H22N2O3. The molecular weight excluding hydrogens is 328 g/mol. The van der Waals surface area contributed by atoms with Crippen LogP contribution in [0.25, 0.3) is 6.08 Å². The molecule has 26 heavy (non-hydrogen) atoms. The van der Waals surface area contributed by atoms with E-state index in [4.69, 9.17) is 0 Å². The van der Waals surface area contributed by atoms with Crippen LogP contribution in [0.1, 0.15) is 40.7 Å². The lowest BCUT2D eigenvalue weighted by atomic mass is 10.1. The normalized spacial score (nSPS) is 14.6. The van der Waals surface area contributed by atoms with E-state index in [0.717, 1.165) is 18.7 Å². The maximum atomic E-state index is 12.3. The summed E-state index contributed by atoms with van der Waals surface area (Å²) in [5.41, 5.74) is 2.98. The van der Waals surface area contributed by atoms with Crippen molar-refractivity contribution in [3.8, 4) is 0 Å². The van der Waals surface area contributed by atoms with Crippen LogP contribution in [0, 0.1) is 17.0 Å². The van der Waals surface area contributed by atoms with Crippen LogP contribution in [0.3, 0.4) is 0 Å². The molecule has 0 N–H and O–H groups in total. The van der Waals surface area contributed by atoms with Gasteiger partial charge < -0.3 is 4.90 Å². The molecule has 5 nitrogen and oxygen atoms in total. The number of piperidine rings is 1. The molecule has 1 aliphatic rings. The van der Waals surface area contributed by atoms with Crippen LogP contribution in [0.2, 0.25) is 0 Å². The maximum Gasteiger partial charge on any atom is 0.273 e. The Hall–Kier alpha value is -2.95. The number of carbonyl (C=O) groups is 1. The average Bonchev–Trinajstić information content (AvgIpc) is 2.67. The van der Waals surface area contributed by atoms with Gasteiger partial charge in [-0.25, -0.2) is 0 Å². The Bertz CT molecular complexity index is 835. The van der Waals surface area contributed by atoms with E-state index in [9.17, 15) is 14.9 Å². The van der Waals surface area contributed by atoms with Gasteiger partial charge in [0.2, 0.25) is 0 Å². The number of benzene rings is 2. The zero-order valence-electron chi connectivity index (χ0n) is 14.9. The van der Waals surface area contributed by atoms with Crippen LogP contribution in [0.15, 0.2) is 48.5 Å². The molecule has 2 aromatic rings. The molecule has 0 radical (unpaired) electrons. The summed E-state index contributed by atoms with van der Waals surface area (Å²) < 4.78 is 0. The Morgan fingerprint density at radius 3 is 2.42 bits per heavy atom. The van der Waals surface area contributed by atoms with Crippen LogP contribution >= 0.6 is 0 Å². The van der Waals surface area contributed by atoms with Crippen molar-refractivity contribution < 1.29 is 9.72 Å². The summed E-state index contributed by atoms with van der Waals surface area (Å²) >= 11 is 0. The van der Waals surface area contributed by atoms with Gasteiger partial charge in [-0.2, -0.15) is 0 Å². The first-order chi connectivity index (χ1) is 12.5. The third-order valence-corrected chi connectivity index (χ3v) is 4.73. The molecule has 1 saturated heterocycles. The number of aryl methyl sites for hydroxylation is 1. The Morgan fingerprint density at radius 1 is 1.08 bits per heavy atom. The van der Waals surface area contributed by atoms with Crippen molar-refractivity contribution in [3.05, 3.63) is 75.3 Å². The highest BCUT2D eigenvalue weighted by Gasteiger charge is 2.13. The minimum absolute atomic E-state index is 0.0323. The Balaban J connectivity index is 1.70. The Labute approximate surface area is 153 Å². The highest BCUT2D eigenvalue weighted by Crippen LogP contribution is 2.22. The molecule has 1 heterocycles. The fraction of sp³-hybridized carbons (Fsp3) is 0.286. The minimum atomic E-state index is -0.463. The number of hydrogen-bond donors (Lipinski definition) is 0. The van der Waals surface area contributed by atoms with Crippen molar-refractivity contribution in [1.29, 1.82) is 0 Å². The summed E-state index contributed by atoms with van der Waals surface area (Å²) in [5, 5.41) is 11.0. The summed E-state index contributed by atoms with van der Waals surface area (Å²) in [7, 11) is 0. The minimum Gasteiger partial charge on any atom is -0.372 e. The molecule has 0 bridgehead atoms. The molecule has 0 atom stereocenters. The van der Waals surface area contributed by atoms with Crippen molar-refractivity contribution in [2.75, 3.05) is 18.0 Å². The average molecular weight is 350 g/mol. The fourth-order valence-electron chi connectivity index (χ4n) is 3.18. The summed E-state index contributed by atoms with van der Waals surface area (Å²) in [5.74, 6) is -0.242. The maximum absolute atomic E-state index is 12.3. The van der Waals surface area contributed by atoms with Crippen LogP contribution in [-0.4, -0.2) is 23.8 Å². The number of nitro groups is 1. The van der Waals surface area contributed by atoms with E-state index in [0.29, 0.717) is 11.1 Å². The molecule has 0 spiro atoms. The second kappa shape index (κ2) is 7.95. The van der Waals surface area contributed by atoms with Gasteiger partial charge in [-0.1, -0.05) is 30.3 Å². The van der Waals surface area contributed by atoms with Gasteiger partial charge in [0.15, 0.2) is 5.78 Å². The molecule has 3 rings (SSSR count). The smallest absolute Gasteiger partial charge is 0.273 e. The van der Waals surface area contributed by atoms with Gasteiger partial charge in [-0.05, 0) is 50.0 Å². The van der Waals surface area contributed by atoms with Crippen molar-refractivity contribution >= 4 is 23.2 Å². The van der Waals surface area contributed by atoms with Crippen LogP contribution in [0.4, 0.5) is 11.4 Å². The van der Waals surface area contributed by atoms with E-state index < -0.39 is 4.92 Å². The number of carbonyl (C=O) groups excluding carboxylic acids is 1. The highest BCUT2D eigenvalue weighted by molar-refractivity contribution is 6.07. The van der Waals surface area contributed by atoms with Gasteiger partial charge in [0.1, 0.15) is 0 Å². The first-order valence-electron chi connectivity index (χ1n) is 8.87. The largest absolute Gasteiger partial charge is 0.372 e. The molecule has 0 saturated carbocycles. The third kappa shape index (κ3) is 4.17. The van der Waals surface area contributed by atoms with Crippen LogP contribution in [-0.2, 0) is 0 Å². The Morgan fingerprint density at radius 2 is 1.77 bits per heavy atom. The van der Waals surface area contributed by atoms with Gasteiger partial charge >= 0.3 is 0 Å². The van der Waals surface area contributed by atoms with E-state index in [1.54, 1.807) is 25.1 Å². The first kappa shape index (κ1) is 17.9. The van der Waals surface area contributed by atoms with E-state index in [2.05, 4.69) is 17.0 Å². The number of hydrogen-bond acceptors (Lipinski definition) is 4. The summed E-state index contributed by atoms with van der Waals surface area (Å²) in [6.07, 6.45) is 6.98. The Kier molecular flexibility index (Phi) is 5.46. The molecule has 5 heteroatoms. The summed E-state index contributed by atoms with van der Waals surface area (Å²) in [6, 6.07) is 12.7. The second-order valence-electron chi connectivity index (χ2n) is 6.60. The number of ketones is 1. The quantitative estimate of drug-likeness (QED) is 0.337. The van der Waals surface area contributed by atoms with E-state index in [1.807, 2.05) is 12.1 Å². The number of nitro benzene ring substituents is 1. The van der Waals surface area contributed by atoms with Gasteiger partial charge in [0.25, 0.3) is 5.69 Å². The molecule has 0 amide bonds. The highest BCUT2D eigenvalue weighted by atomic mass is 16.6. The monoisotopic (exact) mass is 350 g/mol. The number of rotatable bonds is 5. The lowest BCUT2D eigenvalue weighted by molar-refractivity contribution is -0.385. The molecule has 1 fully saturated rings. The summed E-state index contributed by atoms with van der Waals surface area (Å²) in [6.45, 7) is 3.85. The topological polar surface area (TPSA) is 63.5 Å². The molecule has 0 unspecified atom stereocenters. The van der Waals surface area contributed by atoms with Crippen LogP contribution < -0.4 is 4.90 Å². The first-order valence-corrected chi connectivity index (χ1v) is 8.87. The SMILES string of the molecule is Cc1ccc(C(=O)/C=C/c2ccc(N3CCCCC3)cc2)cc1[N+](=O)[O-]. The van der Waals surface area contributed by atoms with E-state index >= 15 is 0 Å². The lowest BCUT2D eigenvalue weighted by Gasteiger charge is -2.28. The van der Waals surface area contributed by atoms with Crippen molar-refractivity contribution in [2.24, 2.45) is 0 Å². The van der Waals surface area contributed by atoms with Crippen molar-refractivity contribution in [1.82, 2.24) is 0 Å². The van der Waals surface area contributed by atoms with E-state index in [-0.39, 0.29) is 11.5 Å². The van der Waals surface area contributed by atoms with E-state index in [1.165, 1.54) is 37.1 Å². The molecule has 134 valence electrons. The zero-order chi connectivity index (χ0) is 18.5. The van der Waals surface area contributed by atoms with Crippen molar-refractivity contribution in [3.63, 3.8) is 0 Å². The van der Waals surface area contributed by atoms with Crippen LogP contribution in [0.5, 0.6) is 0 Å². The number of allylic oxidation sites excluding steroid dienone is 1. The van der Waals surface area contributed by atoms with Crippen molar-refractivity contribution in [2.45, 2.75) is 26.2 Å². The van der Waals surface area contributed by atoms with Gasteiger partial charge in [0.05, 0.1) is 4.92 Å². The third-order valence-electron chi connectivity index (χ3n) is 4.73. The predicted molar refractivity (Wildman–Crippen MR) is 104 cm³/mol. The molecule has 0 aromatic heterocycles.